The van der Waals surface area contributed by atoms with Gasteiger partial charge < -0.3 is 22.1 Å². The minimum Gasteiger partial charge on any atom is -0.434 e. The number of rotatable bonds is 0. The summed E-state index contributed by atoms with van der Waals surface area (Å²) in [7, 11) is 0. The predicted octanol–water partition coefficient (Wildman–Crippen LogP) is 21.5. The zero-order valence-electron chi connectivity index (χ0n) is 38.6. The molecule has 0 bridgehead atoms. The van der Waals surface area contributed by atoms with E-state index in [4.69, 9.17) is 45.3 Å². The van der Waals surface area contributed by atoms with Crippen LogP contribution in [0.25, 0.3) is 51.4 Å². The molecule has 0 saturated carbocycles. The molecule has 10 aromatic heterocycles. The molecule has 0 spiro atoms. The maximum absolute atomic E-state index is 12.8. The monoisotopic (exact) mass is 990 g/mol. The van der Waals surface area contributed by atoms with Crippen molar-refractivity contribution in [2.75, 3.05) is 0 Å². The second kappa shape index (κ2) is 28.4. The molecule has 0 aromatic carbocycles. The summed E-state index contributed by atoms with van der Waals surface area (Å²) in [5.74, 6) is 0. The molecule has 0 N–H and O–H groups in total. The Hall–Kier alpha value is -3.43. The predicted molar refractivity (Wildman–Crippen MR) is 270 cm³/mol. The number of thiophene rings is 5. The van der Waals surface area contributed by atoms with Gasteiger partial charge in [0.15, 0.2) is 34.9 Å². The number of fused-ring (bicyclic) bond motifs is 5. The smallest absolute Gasteiger partial charge is 0.282 e. The molecule has 0 amide bonds. The van der Waals surface area contributed by atoms with Crippen molar-refractivity contribution in [2.24, 2.45) is 0 Å². The van der Waals surface area contributed by atoms with Gasteiger partial charge in [-0.25, -0.2) is 0 Å². The number of hydrogen-bond donors (Lipinski definition) is 0. The molecule has 0 radical (unpaired) electrons. The molecule has 342 valence electrons. The first-order chi connectivity index (χ1) is 29.7. The largest absolute Gasteiger partial charge is 0.434 e. The molecule has 0 atom stereocenters. The van der Waals surface area contributed by atoms with Crippen LogP contribution in [0.4, 0.5) is 13.2 Å². The highest BCUT2D eigenvalue weighted by atomic mass is 35.5. The fraction of sp³-hybridized carbons (Fsp3) is 0.362. The van der Waals surface area contributed by atoms with Gasteiger partial charge in [0.1, 0.15) is 0 Å². The third-order valence-corrected chi connectivity index (χ3v) is 13.1. The normalized spacial score (nSPS) is 9.77. The molecule has 5 nitrogen and oxygen atoms in total. The number of hydrogen-bond acceptors (Lipinski definition) is 10. The van der Waals surface area contributed by atoms with Crippen molar-refractivity contribution in [1.29, 1.82) is 0 Å². The third kappa shape index (κ3) is 14.6. The van der Waals surface area contributed by atoms with Crippen LogP contribution in [-0.4, -0.2) is 0 Å². The molecule has 0 aliphatic rings. The molecule has 0 saturated heterocycles. The van der Waals surface area contributed by atoms with Crippen LogP contribution in [0.15, 0.2) is 68.6 Å². The third-order valence-electron chi connectivity index (χ3n) is 7.97. The van der Waals surface area contributed by atoms with E-state index in [0.29, 0.717) is 36.3 Å². The van der Waals surface area contributed by atoms with Crippen molar-refractivity contribution in [3.63, 3.8) is 0 Å². The van der Waals surface area contributed by atoms with Gasteiger partial charge in [0, 0.05) is 65.5 Å². The van der Waals surface area contributed by atoms with Crippen LogP contribution < -0.4 is 0 Å². The second-order valence-electron chi connectivity index (χ2n) is 11.5. The Labute approximate surface area is 394 Å². The second-order valence-corrected chi connectivity index (χ2v) is 17.2. The molecule has 0 aliphatic carbocycles. The van der Waals surface area contributed by atoms with Gasteiger partial charge in [-0.05, 0) is 117 Å². The van der Waals surface area contributed by atoms with Gasteiger partial charge in [-0.2, -0.15) is 13.2 Å². The summed E-state index contributed by atoms with van der Waals surface area (Å²) in [5.41, 5.74) is 4.49. The van der Waals surface area contributed by atoms with Crippen LogP contribution in [0, 0.1) is 66.5 Å². The Morgan fingerprint density at radius 1 is 0.484 bits per heavy atom. The van der Waals surface area contributed by atoms with E-state index in [-0.39, 0.29) is 0 Å². The van der Waals surface area contributed by atoms with Crippen molar-refractivity contribution in [2.45, 2.75) is 118 Å². The van der Waals surface area contributed by atoms with Crippen molar-refractivity contribution >= 4 is 131 Å². The Bertz CT molecular complexity index is 2650. The molecule has 15 heteroatoms. The fourth-order valence-corrected chi connectivity index (χ4v) is 9.89. The standard InChI is InChI=1S/3C8H7FOS.C7H5ClOS.C6H3ClOS.5C2H6/c1-4-5(2)11-8-6(4)3-7(9)10-8;1-4-3-11-8-6(4)5(2)7(9)10-8;1-4-3-6-5(2)7(9)10-8(6)11-4;1-4-5-2-3-10-7(5)9-6(4)8;7-5-3-4-1-2-9-6(4)8-5;5*1-2/h3*3H,1-2H3;2-3H,1H3;1-3H;5*1-2H3. The molecule has 62 heavy (non-hydrogen) atoms. The minimum absolute atomic E-state index is 0.449. The lowest BCUT2D eigenvalue weighted by molar-refractivity contribution is 0.378. The molecule has 10 aromatic rings. The van der Waals surface area contributed by atoms with Crippen LogP contribution in [0.1, 0.15) is 107 Å². The molecule has 0 aliphatic heterocycles. The zero-order valence-corrected chi connectivity index (χ0v) is 44.2. The van der Waals surface area contributed by atoms with E-state index in [1.807, 2.05) is 144 Å². The van der Waals surface area contributed by atoms with Crippen LogP contribution in [0.5, 0.6) is 0 Å². The summed E-state index contributed by atoms with van der Waals surface area (Å²) in [4.78, 5) is 6.25. The maximum Gasteiger partial charge on any atom is 0.282 e. The highest BCUT2D eigenvalue weighted by Crippen LogP contribution is 2.34. The van der Waals surface area contributed by atoms with Gasteiger partial charge in [-0.15, -0.1) is 56.7 Å². The van der Waals surface area contributed by atoms with Crippen molar-refractivity contribution in [3.05, 3.63) is 113 Å². The first kappa shape index (κ1) is 56.6. The lowest BCUT2D eigenvalue weighted by Gasteiger charge is -1.83. The van der Waals surface area contributed by atoms with Crippen LogP contribution >= 0.6 is 79.9 Å². The lowest BCUT2D eigenvalue weighted by atomic mass is 10.2. The molecular formula is C47H59Cl2F3O5S5. The first-order valence-corrected chi connectivity index (χ1v) is 25.4. The van der Waals surface area contributed by atoms with Gasteiger partial charge in [-0.1, -0.05) is 69.2 Å². The summed E-state index contributed by atoms with van der Waals surface area (Å²) in [6.07, 6.45) is 0. The number of furan rings is 5. The minimum atomic E-state index is -0.491. The maximum atomic E-state index is 12.8. The average Bonchev–Trinajstić information content (AvgIpc) is 4.18. The van der Waals surface area contributed by atoms with E-state index in [1.54, 1.807) is 36.5 Å². The highest BCUT2D eigenvalue weighted by Gasteiger charge is 2.14. The Balaban J connectivity index is 0.000000369. The Morgan fingerprint density at radius 3 is 1.60 bits per heavy atom. The molecule has 10 heterocycles. The van der Waals surface area contributed by atoms with Crippen molar-refractivity contribution in [3.8, 4) is 0 Å². The van der Waals surface area contributed by atoms with E-state index in [2.05, 4.69) is 0 Å². The summed E-state index contributed by atoms with van der Waals surface area (Å²) in [6.45, 7) is 33.4. The quantitative estimate of drug-likeness (QED) is 0.151. The number of aryl methyl sites for hydroxylation is 7. The molecule has 10 rings (SSSR count). The van der Waals surface area contributed by atoms with E-state index in [1.165, 1.54) is 45.0 Å². The van der Waals surface area contributed by atoms with Gasteiger partial charge in [-0.3, -0.25) is 0 Å². The van der Waals surface area contributed by atoms with E-state index >= 15 is 0 Å². The van der Waals surface area contributed by atoms with E-state index < -0.39 is 18.0 Å². The average molecular weight is 992 g/mol. The van der Waals surface area contributed by atoms with Crippen LogP contribution in [0.3, 0.4) is 0 Å². The lowest BCUT2D eigenvalue weighted by Crippen LogP contribution is -1.72. The van der Waals surface area contributed by atoms with Crippen LogP contribution in [0.2, 0.25) is 10.4 Å². The summed E-state index contributed by atoms with van der Waals surface area (Å²) in [5, 5.41) is 11.9. The highest BCUT2D eigenvalue weighted by molar-refractivity contribution is 7.19. The fourth-order valence-electron chi connectivity index (χ4n) is 5.03. The number of halogens is 5. The van der Waals surface area contributed by atoms with Gasteiger partial charge >= 0.3 is 0 Å². The summed E-state index contributed by atoms with van der Waals surface area (Å²) >= 11 is 18.8. The van der Waals surface area contributed by atoms with Crippen LogP contribution in [-0.2, 0) is 0 Å². The van der Waals surface area contributed by atoms with Gasteiger partial charge in [0.25, 0.3) is 18.0 Å². The Kier molecular flexibility index (Phi) is 25.9. The molecular weight excluding hydrogens is 933 g/mol. The van der Waals surface area contributed by atoms with Gasteiger partial charge in [0.2, 0.25) is 0 Å². The molecule has 0 fully saturated rings. The van der Waals surface area contributed by atoms with E-state index in [9.17, 15) is 13.2 Å². The SMILES string of the molecule is CC.CC.CC.CC.CC.Cc1c(Cl)oc2sccc12.Cc1cc2c(C)c(F)oc2s1.Cc1csc2oc(F)c(C)c12.Cc1sc2oc(F)cc2c1C.Clc1cc2ccsc2o1. The van der Waals surface area contributed by atoms with Crippen molar-refractivity contribution < 1.29 is 35.3 Å². The zero-order chi connectivity index (χ0) is 47.4. The summed E-state index contributed by atoms with van der Waals surface area (Å²) < 4.78 is 62.9. The Morgan fingerprint density at radius 2 is 1.03 bits per heavy atom. The van der Waals surface area contributed by atoms with Crippen molar-refractivity contribution in [1.82, 2.24) is 0 Å². The summed E-state index contributed by atoms with van der Waals surface area (Å²) in [6, 6.07) is 7.80. The van der Waals surface area contributed by atoms with Gasteiger partial charge in [0.05, 0.1) is 0 Å². The topological polar surface area (TPSA) is 65.7 Å². The first-order valence-electron chi connectivity index (χ1n) is 20.4. The van der Waals surface area contributed by atoms with E-state index in [0.717, 1.165) is 58.3 Å². The molecule has 0 unspecified atom stereocenters.